The van der Waals surface area contributed by atoms with E-state index in [-0.39, 0.29) is 18.9 Å². The number of nitrogens with one attached hydrogen (secondary N) is 2. The fraction of sp³-hybridized carbons (Fsp3) is 0.385. The van der Waals surface area contributed by atoms with Gasteiger partial charge in [-0.2, -0.15) is 13.2 Å². The Labute approximate surface area is 124 Å². The van der Waals surface area contributed by atoms with Crippen molar-refractivity contribution in [2.45, 2.75) is 6.18 Å². The lowest BCUT2D eigenvalue weighted by Gasteiger charge is -2.09. The summed E-state index contributed by atoms with van der Waals surface area (Å²) >= 11 is 0. The first-order valence-electron chi connectivity index (χ1n) is 6.17. The number of hydrogen-bond donors (Lipinski definition) is 2. The number of benzene rings is 1. The van der Waals surface area contributed by atoms with Gasteiger partial charge in [0.1, 0.15) is 6.61 Å². The largest absolute Gasteiger partial charge is 0.471 e. The van der Waals surface area contributed by atoms with Crippen molar-refractivity contribution in [2.75, 3.05) is 37.6 Å². The number of methoxy groups -OCH3 is 1. The Morgan fingerprint density at radius 2 is 1.59 bits per heavy atom. The molecule has 1 aromatic carbocycles. The molecular formula is C13H15F3N2O4. The zero-order chi connectivity index (χ0) is 16.6. The van der Waals surface area contributed by atoms with Crippen LogP contribution in [0.25, 0.3) is 0 Å². The molecule has 0 radical (unpaired) electrons. The summed E-state index contributed by atoms with van der Waals surface area (Å²) < 4.78 is 45.9. The highest BCUT2D eigenvalue weighted by Gasteiger charge is 2.38. The molecule has 0 saturated heterocycles. The molecule has 0 saturated carbocycles. The fourth-order valence-electron chi connectivity index (χ4n) is 1.34. The highest BCUT2D eigenvalue weighted by molar-refractivity contribution is 5.95. The second-order valence-corrected chi connectivity index (χ2v) is 4.12. The van der Waals surface area contributed by atoms with Gasteiger partial charge in [-0.05, 0) is 24.3 Å². The molecule has 0 aliphatic rings. The summed E-state index contributed by atoms with van der Waals surface area (Å²) in [6, 6.07) is 5.20. The fourth-order valence-corrected chi connectivity index (χ4v) is 1.34. The lowest BCUT2D eigenvalue weighted by atomic mass is 10.2. The molecule has 0 heterocycles. The van der Waals surface area contributed by atoms with Gasteiger partial charge in [0.25, 0.3) is 0 Å². The molecule has 2 amide bonds. The van der Waals surface area contributed by atoms with Gasteiger partial charge in [-0.25, -0.2) is 0 Å². The maximum atomic E-state index is 12.1. The maximum Gasteiger partial charge on any atom is 0.471 e. The van der Waals surface area contributed by atoms with Gasteiger partial charge in [0.2, 0.25) is 5.91 Å². The Morgan fingerprint density at radius 1 is 1.05 bits per heavy atom. The highest BCUT2D eigenvalue weighted by Crippen LogP contribution is 2.19. The zero-order valence-corrected chi connectivity index (χ0v) is 11.7. The number of rotatable bonds is 7. The van der Waals surface area contributed by atoms with Crippen LogP contribution in [-0.2, 0) is 19.1 Å². The van der Waals surface area contributed by atoms with Crippen LogP contribution in [0.4, 0.5) is 24.5 Å². The van der Waals surface area contributed by atoms with E-state index < -0.39 is 18.0 Å². The van der Waals surface area contributed by atoms with Crippen molar-refractivity contribution >= 4 is 23.2 Å². The van der Waals surface area contributed by atoms with Crippen LogP contribution in [-0.4, -0.2) is 44.9 Å². The molecule has 0 spiro atoms. The minimum absolute atomic E-state index is 0.0309. The van der Waals surface area contributed by atoms with Gasteiger partial charge in [-0.15, -0.1) is 0 Å². The number of carbonyl (C=O) groups is 2. The van der Waals surface area contributed by atoms with E-state index in [0.717, 1.165) is 0 Å². The lowest BCUT2D eigenvalue weighted by Crippen LogP contribution is -2.29. The van der Waals surface area contributed by atoms with E-state index in [2.05, 4.69) is 5.32 Å². The molecule has 0 atom stereocenters. The van der Waals surface area contributed by atoms with Crippen molar-refractivity contribution in [1.82, 2.24) is 0 Å². The van der Waals surface area contributed by atoms with E-state index in [9.17, 15) is 22.8 Å². The summed E-state index contributed by atoms with van der Waals surface area (Å²) in [5.41, 5.74) is 0.335. The summed E-state index contributed by atoms with van der Waals surface area (Å²) in [5, 5.41) is 4.19. The quantitative estimate of drug-likeness (QED) is 0.751. The first-order chi connectivity index (χ1) is 10.3. The third-order valence-electron chi connectivity index (χ3n) is 2.35. The first-order valence-corrected chi connectivity index (χ1v) is 6.17. The molecule has 0 aromatic heterocycles. The third kappa shape index (κ3) is 6.55. The van der Waals surface area contributed by atoms with Crippen molar-refractivity contribution < 1.29 is 32.2 Å². The average molecular weight is 320 g/mol. The molecule has 0 fully saturated rings. The maximum absolute atomic E-state index is 12.1. The number of carbonyl (C=O) groups excluding carboxylic acids is 2. The topological polar surface area (TPSA) is 76.7 Å². The number of amides is 2. The second-order valence-electron chi connectivity index (χ2n) is 4.12. The molecule has 2 N–H and O–H groups in total. The van der Waals surface area contributed by atoms with Crippen LogP contribution >= 0.6 is 0 Å². The SMILES string of the molecule is COCCOCC(=O)Nc1ccc(NC(=O)C(F)(F)F)cc1. The zero-order valence-electron chi connectivity index (χ0n) is 11.7. The number of hydrogen-bond acceptors (Lipinski definition) is 4. The van der Waals surface area contributed by atoms with Gasteiger partial charge in [0.15, 0.2) is 0 Å². The third-order valence-corrected chi connectivity index (χ3v) is 2.35. The summed E-state index contributed by atoms with van der Waals surface area (Å²) in [7, 11) is 1.50. The predicted molar refractivity (Wildman–Crippen MR) is 72.5 cm³/mol. The molecular weight excluding hydrogens is 305 g/mol. The van der Waals surface area contributed by atoms with E-state index in [1.54, 1.807) is 5.32 Å². The molecule has 0 aliphatic heterocycles. The van der Waals surface area contributed by atoms with Crippen LogP contribution in [0.1, 0.15) is 0 Å². The Morgan fingerprint density at radius 3 is 2.09 bits per heavy atom. The molecule has 0 unspecified atom stereocenters. The highest BCUT2D eigenvalue weighted by atomic mass is 19.4. The van der Waals surface area contributed by atoms with Crippen LogP contribution in [0, 0.1) is 0 Å². The Kier molecular flexibility index (Phi) is 6.80. The van der Waals surface area contributed by atoms with Crippen LogP contribution < -0.4 is 10.6 Å². The van der Waals surface area contributed by atoms with Crippen LogP contribution in [0.5, 0.6) is 0 Å². The molecule has 1 rings (SSSR count). The summed E-state index contributed by atoms with van der Waals surface area (Å²) in [6.07, 6.45) is -4.95. The Balaban J connectivity index is 2.45. The summed E-state index contributed by atoms with van der Waals surface area (Å²) in [6.45, 7) is 0.461. The van der Waals surface area contributed by atoms with Crippen molar-refractivity contribution in [2.24, 2.45) is 0 Å². The number of alkyl halides is 3. The van der Waals surface area contributed by atoms with Gasteiger partial charge in [0, 0.05) is 18.5 Å². The Bertz CT molecular complexity index is 503. The van der Waals surface area contributed by atoms with Crippen LogP contribution in [0.2, 0.25) is 0 Å². The lowest BCUT2D eigenvalue weighted by molar-refractivity contribution is -0.167. The molecule has 122 valence electrons. The molecule has 6 nitrogen and oxygen atoms in total. The van der Waals surface area contributed by atoms with E-state index in [0.29, 0.717) is 12.3 Å². The van der Waals surface area contributed by atoms with Gasteiger partial charge in [-0.1, -0.05) is 0 Å². The van der Waals surface area contributed by atoms with Gasteiger partial charge >= 0.3 is 12.1 Å². The minimum Gasteiger partial charge on any atom is -0.382 e. The van der Waals surface area contributed by atoms with Gasteiger partial charge < -0.3 is 20.1 Å². The second kappa shape index (κ2) is 8.35. The van der Waals surface area contributed by atoms with E-state index in [4.69, 9.17) is 9.47 Å². The van der Waals surface area contributed by atoms with Crippen molar-refractivity contribution in [1.29, 1.82) is 0 Å². The summed E-state index contributed by atoms with van der Waals surface area (Å²) in [4.78, 5) is 22.2. The van der Waals surface area contributed by atoms with Crippen molar-refractivity contribution in [3.05, 3.63) is 24.3 Å². The minimum atomic E-state index is -4.95. The molecule has 0 bridgehead atoms. The monoisotopic (exact) mass is 320 g/mol. The molecule has 1 aromatic rings. The first kappa shape index (κ1) is 17.9. The molecule has 0 aliphatic carbocycles. The normalized spacial score (nSPS) is 11.1. The smallest absolute Gasteiger partial charge is 0.382 e. The van der Waals surface area contributed by atoms with E-state index >= 15 is 0 Å². The van der Waals surface area contributed by atoms with E-state index in [1.807, 2.05) is 0 Å². The number of anilines is 2. The Hall–Kier alpha value is -2.13. The number of ether oxygens (including phenoxy) is 2. The molecule has 9 heteroatoms. The van der Waals surface area contributed by atoms with Crippen LogP contribution in [0.3, 0.4) is 0 Å². The van der Waals surface area contributed by atoms with Crippen molar-refractivity contribution in [3.8, 4) is 0 Å². The predicted octanol–water partition coefficient (Wildman–Crippen LogP) is 1.79. The van der Waals surface area contributed by atoms with Gasteiger partial charge in [-0.3, -0.25) is 9.59 Å². The van der Waals surface area contributed by atoms with Gasteiger partial charge in [0.05, 0.1) is 13.2 Å². The number of halogens is 3. The van der Waals surface area contributed by atoms with Crippen molar-refractivity contribution in [3.63, 3.8) is 0 Å². The average Bonchev–Trinajstić information content (AvgIpc) is 2.45. The van der Waals surface area contributed by atoms with E-state index in [1.165, 1.54) is 31.4 Å². The standard InChI is InChI=1S/C13H15F3N2O4/c1-21-6-7-22-8-11(19)17-9-2-4-10(5-3-9)18-12(20)13(14,15)16/h2-5H,6-8H2,1H3,(H,17,19)(H,18,20). The molecule has 22 heavy (non-hydrogen) atoms. The van der Waals surface area contributed by atoms with Crippen LogP contribution in [0.15, 0.2) is 24.3 Å². The summed E-state index contributed by atoms with van der Waals surface area (Å²) in [5.74, 6) is -2.47.